The number of carbonyl (C=O) groups is 1. The molecule has 4 heteroatoms. The molecule has 0 unspecified atom stereocenters. The highest BCUT2D eigenvalue weighted by atomic mass is 16.5. The fourth-order valence-corrected chi connectivity index (χ4v) is 4.11. The molecule has 0 aromatic rings. The van der Waals surface area contributed by atoms with E-state index < -0.39 is 6.10 Å². The van der Waals surface area contributed by atoms with Crippen molar-refractivity contribution in [2.24, 2.45) is 23.7 Å². The highest BCUT2D eigenvalue weighted by Gasteiger charge is 2.33. The van der Waals surface area contributed by atoms with Gasteiger partial charge in [-0.25, -0.2) is 0 Å². The van der Waals surface area contributed by atoms with Crippen LogP contribution >= 0.6 is 0 Å². The summed E-state index contributed by atoms with van der Waals surface area (Å²) >= 11 is 0. The standard InChI is InChI=1S/C22H41NO3/c1-8-19-12-10-11-15(3)13-16(4)22(25)26-20(9-2)17(5)21(24)18(6)23(7)14-19/h8,15-21,24H,1,9-14H2,2-7H3/t15-,16-,17+,18-,19-,20-,21+/m1/s1. The third kappa shape index (κ3) is 6.70. The van der Waals surface area contributed by atoms with Crippen molar-refractivity contribution in [3.05, 3.63) is 12.7 Å². The number of aliphatic hydroxyl groups excluding tert-OH is 1. The molecule has 7 atom stereocenters. The van der Waals surface area contributed by atoms with Crippen molar-refractivity contribution in [3.8, 4) is 0 Å². The lowest BCUT2D eigenvalue weighted by Crippen LogP contribution is -2.47. The predicted octanol–water partition coefficient (Wildman–Crippen LogP) is 4.27. The lowest BCUT2D eigenvalue weighted by Gasteiger charge is -2.36. The van der Waals surface area contributed by atoms with Crippen LogP contribution in [0.2, 0.25) is 0 Å². The van der Waals surface area contributed by atoms with Gasteiger partial charge in [-0.2, -0.15) is 0 Å². The second-order valence-electron chi connectivity index (χ2n) is 8.58. The molecule has 1 fully saturated rings. The van der Waals surface area contributed by atoms with Gasteiger partial charge in [-0.05, 0) is 45.1 Å². The Morgan fingerprint density at radius 1 is 1.27 bits per heavy atom. The summed E-state index contributed by atoms with van der Waals surface area (Å²) in [6, 6.07) is 0.00155. The minimum Gasteiger partial charge on any atom is -0.462 e. The minimum absolute atomic E-state index is 0.00155. The molecule has 1 aliphatic rings. The molecule has 0 radical (unpaired) electrons. The van der Waals surface area contributed by atoms with Gasteiger partial charge in [0.25, 0.3) is 0 Å². The molecular formula is C22H41NO3. The maximum atomic E-state index is 12.5. The van der Waals surface area contributed by atoms with E-state index in [0.29, 0.717) is 11.8 Å². The molecule has 0 aliphatic carbocycles. The van der Waals surface area contributed by atoms with Crippen molar-refractivity contribution in [2.45, 2.75) is 85.0 Å². The summed E-state index contributed by atoms with van der Waals surface area (Å²) in [6.45, 7) is 15.2. The first-order chi connectivity index (χ1) is 12.2. The van der Waals surface area contributed by atoms with Crippen molar-refractivity contribution in [1.82, 2.24) is 4.90 Å². The molecule has 26 heavy (non-hydrogen) atoms. The number of hydrogen-bond donors (Lipinski definition) is 1. The van der Waals surface area contributed by atoms with Gasteiger partial charge in [0.1, 0.15) is 6.10 Å². The summed E-state index contributed by atoms with van der Waals surface area (Å²) in [6.07, 6.45) is 6.21. The molecule has 0 saturated carbocycles. The summed E-state index contributed by atoms with van der Waals surface area (Å²) < 4.78 is 5.81. The van der Waals surface area contributed by atoms with Crippen LogP contribution in [0.15, 0.2) is 12.7 Å². The second-order valence-corrected chi connectivity index (χ2v) is 8.58. The minimum atomic E-state index is -0.539. The molecule has 0 spiro atoms. The third-order valence-electron chi connectivity index (χ3n) is 6.27. The average Bonchev–Trinajstić information content (AvgIpc) is 2.62. The number of likely N-dealkylation sites (N-methyl/N-ethyl adjacent to an activating group) is 1. The van der Waals surface area contributed by atoms with E-state index in [1.807, 2.05) is 26.8 Å². The Morgan fingerprint density at radius 3 is 2.50 bits per heavy atom. The molecule has 1 rings (SSSR count). The van der Waals surface area contributed by atoms with Crippen LogP contribution in [0, 0.1) is 23.7 Å². The van der Waals surface area contributed by atoms with E-state index in [9.17, 15) is 9.90 Å². The molecule has 0 aromatic carbocycles. The van der Waals surface area contributed by atoms with Gasteiger partial charge in [-0.3, -0.25) is 4.79 Å². The van der Waals surface area contributed by atoms with Crippen LogP contribution in [0.5, 0.6) is 0 Å². The van der Waals surface area contributed by atoms with Crippen molar-refractivity contribution < 1.29 is 14.6 Å². The Hall–Kier alpha value is -0.870. The van der Waals surface area contributed by atoms with E-state index in [2.05, 4.69) is 32.4 Å². The summed E-state index contributed by atoms with van der Waals surface area (Å²) in [7, 11) is 2.06. The molecule has 1 N–H and O–H groups in total. The van der Waals surface area contributed by atoms with E-state index in [4.69, 9.17) is 4.74 Å². The van der Waals surface area contributed by atoms with Crippen molar-refractivity contribution >= 4 is 5.97 Å². The summed E-state index contributed by atoms with van der Waals surface area (Å²) in [4.78, 5) is 14.8. The van der Waals surface area contributed by atoms with E-state index >= 15 is 0 Å². The molecule has 0 amide bonds. The molecule has 0 aromatic heterocycles. The average molecular weight is 368 g/mol. The topological polar surface area (TPSA) is 49.8 Å². The van der Waals surface area contributed by atoms with E-state index in [1.54, 1.807) is 0 Å². The van der Waals surface area contributed by atoms with Gasteiger partial charge >= 0.3 is 5.97 Å². The first-order valence-corrected chi connectivity index (χ1v) is 10.4. The van der Waals surface area contributed by atoms with Crippen LogP contribution in [0.4, 0.5) is 0 Å². The molecular weight excluding hydrogens is 326 g/mol. The van der Waals surface area contributed by atoms with Crippen LogP contribution in [0.25, 0.3) is 0 Å². The molecule has 1 aliphatic heterocycles. The van der Waals surface area contributed by atoms with Crippen LogP contribution < -0.4 is 0 Å². The lowest BCUT2D eigenvalue weighted by molar-refractivity contribution is -0.160. The highest BCUT2D eigenvalue weighted by Crippen LogP contribution is 2.26. The largest absolute Gasteiger partial charge is 0.462 e. The monoisotopic (exact) mass is 367 g/mol. The fraction of sp³-hybridized carbons (Fsp3) is 0.864. The van der Waals surface area contributed by atoms with Gasteiger partial charge < -0.3 is 14.7 Å². The lowest BCUT2D eigenvalue weighted by atomic mass is 9.90. The molecule has 1 saturated heterocycles. The van der Waals surface area contributed by atoms with E-state index in [-0.39, 0.29) is 30.0 Å². The number of hydrogen-bond acceptors (Lipinski definition) is 4. The third-order valence-corrected chi connectivity index (χ3v) is 6.27. The van der Waals surface area contributed by atoms with Gasteiger partial charge in [0, 0.05) is 18.5 Å². The first kappa shape index (κ1) is 23.2. The Labute approximate surface area is 161 Å². The predicted molar refractivity (Wildman–Crippen MR) is 108 cm³/mol. The number of cyclic esters (lactones) is 1. The maximum absolute atomic E-state index is 12.5. The van der Waals surface area contributed by atoms with Crippen molar-refractivity contribution in [2.75, 3.05) is 13.6 Å². The summed E-state index contributed by atoms with van der Waals surface area (Å²) in [5.74, 6) is 0.622. The van der Waals surface area contributed by atoms with Crippen LogP contribution in [0.3, 0.4) is 0 Å². The van der Waals surface area contributed by atoms with Gasteiger partial charge in [0.15, 0.2) is 0 Å². The Morgan fingerprint density at radius 2 is 1.92 bits per heavy atom. The quantitative estimate of drug-likeness (QED) is 0.585. The van der Waals surface area contributed by atoms with Gasteiger partial charge in [0.05, 0.1) is 12.0 Å². The maximum Gasteiger partial charge on any atom is 0.308 e. The Kier molecular flexibility index (Phi) is 9.88. The smallest absolute Gasteiger partial charge is 0.308 e. The summed E-state index contributed by atoms with van der Waals surface area (Å²) in [5.41, 5.74) is 0. The highest BCUT2D eigenvalue weighted by molar-refractivity contribution is 5.72. The SMILES string of the molecule is C=C[C@@H]1CCC[C@@H](C)C[C@@H](C)C(=O)O[C@H](CC)[C@H](C)[C@H](O)[C@@H](C)N(C)C1. The first-order valence-electron chi connectivity index (χ1n) is 10.4. The zero-order chi connectivity index (χ0) is 19.9. The zero-order valence-corrected chi connectivity index (χ0v) is 17.8. The number of rotatable bonds is 2. The van der Waals surface area contributed by atoms with E-state index in [0.717, 1.165) is 38.6 Å². The van der Waals surface area contributed by atoms with Gasteiger partial charge in [0.2, 0.25) is 0 Å². The Bertz CT molecular complexity index is 439. The molecule has 4 nitrogen and oxygen atoms in total. The summed E-state index contributed by atoms with van der Waals surface area (Å²) in [5, 5.41) is 10.9. The number of aliphatic hydroxyl groups is 1. The molecule has 152 valence electrons. The van der Waals surface area contributed by atoms with E-state index in [1.165, 1.54) is 0 Å². The van der Waals surface area contributed by atoms with Gasteiger partial charge in [-0.15, -0.1) is 6.58 Å². The second kappa shape index (κ2) is 11.1. The van der Waals surface area contributed by atoms with Gasteiger partial charge in [-0.1, -0.05) is 46.6 Å². The van der Waals surface area contributed by atoms with Crippen LogP contribution in [0.1, 0.15) is 66.7 Å². The van der Waals surface area contributed by atoms with Crippen LogP contribution in [-0.4, -0.2) is 47.8 Å². The number of ether oxygens (including phenoxy) is 1. The number of esters is 1. The Balaban J connectivity index is 2.99. The number of nitrogens with zero attached hydrogens (tertiary/aromatic N) is 1. The molecule has 1 heterocycles. The number of carbonyl (C=O) groups excluding carboxylic acids is 1. The fourth-order valence-electron chi connectivity index (χ4n) is 4.11. The van der Waals surface area contributed by atoms with Crippen LogP contribution in [-0.2, 0) is 9.53 Å². The van der Waals surface area contributed by atoms with Crippen molar-refractivity contribution in [3.63, 3.8) is 0 Å². The molecule has 0 bridgehead atoms. The normalized spacial score (nSPS) is 39.5. The zero-order valence-electron chi connectivity index (χ0n) is 17.8. The van der Waals surface area contributed by atoms with Crippen molar-refractivity contribution in [1.29, 1.82) is 0 Å².